The SMILES string of the molecule is N#Cc1c(NC(=O)COC(=O)c2ccc(S(=O)(=O)Nc3ccccc3)cc2)oc(-c2ccccc2)c1-c1ccccc1. The molecule has 2 N–H and O–H groups in total. The second-order valence-electron chi connectivity index (χ2n) is 8.97. The van der Waals surface area contributed by atoms with Crippen LogP contribution in [0, 0.1) is 11.3 Å². The Morgan fingerprint density at radius 2 is 1.36 bits per heavy atom. The molecule has 0 aliphatic heterocycles. The molecule has 10 heteroatoms. The molecule has 0 atom stereocenters. The molecular weight excluding hydrogens is 554 g/mol. The number of para-hydroxylation sites is 1. The first-order valence-electron chi connectivity index (χ1n) is 12.7. The lowest BCUT2D eigenvalue weighted by atomic mass is 9.98. The molecule has 0 aliphatic carbocycles. The summed E-state index contributed by atoms with van der Waals surface area (Å²) >= 11 is 0. The minimum atomic E-state index is -3.87. The molecule has 4 aromatic carbocycles. The van der Waals surface area contributed by atoms with E-state index in [0.29, 0.717) is 22.6 Å². The van der Waals surface area contributed by atoms with E-state index < -0.39 is 28.5 Å². The monoisotopic (exact) mass is 577 g/mol. The van der Waals surface area contributed by atoms with Crippen molar-refractivity contribution in [3.63, 3.8) is 0 Å². The van der Waals surface area contributed by atoms with E-state index in [2.05, 4.69) is 16.1 Å². The third-order valence-corrected chi connectivity index (χ3v) is 7.53. The number of amides is 1. The van der Waals surface area contributed by atoms with Gasteiger partial charge in [0.15, 0.2) is 6.61 Å². The summed E-state index contributed by atoms with van der Waals surface area (Å²) in [6.07, 6.45) is 0. The van der Waals surface area contributed by atoms with Gasteiger partial charge in [-0.15, -0.1) is 0 Å². The number of ether oxygens (including phenoxy) is 1. The summed E-state index contributed by atoms with van der Waals surface area (Å²) in [6, 6.07) is 34.0. The highest BCUT2D eigenvalue weighted by Crippen LogP contribution is 2.41. The van der Waals surface area contributed by atoms with E-state index in [-0.39, 0.29) is 21.9 Å². The summed E-state index contributed by atoms with van der Waals surface area (Å²) in [5.74, 6) is -1.22. The van der Waals surface area contributed by atoms with Gasteiger partial charge in [0.05, 0.1) is 10.5 Å². The maximum atomic E-state index is 12.7. The van der Waals surface area contributed by atoms with Gasteiger partial charge in [-0.1, -0.05) is 78.9 Å². The number of furan rings is 1. The third-order valence-electron chi connectivity index (χ3n) is 6.13. The molecule has 0 bridgehead atoms. The highest BCUT2D eigenvalue weighted by molar-refractivity contribution is 7.92. The maximum Gasteiger partial charge on any atom is 0.338 e. The Labute approximate surface area is 242 Å². The van der Waals surface area contributed by atoms with Crippen molar-refractivity contribution in [2.75, 3.05) is 16.6 Å². The van der Waals surface area contributed by atoms with E-state index in [1.807, 2.05) is 60.7 Å². The smallest absolute Gasteiger partial charge is 0.338 e. The number of carbonyl (C=O) groups excluding carboxylic acids is 2. The molecule has 0 aliphatic rings. The first-order valence-corrected chi connectivity index (χ1v) is 14.2. The van der Waals surface area contributed by atoms with Gasteiger partial charge in [-0.25, -0.2) is 13.2 Å². The Hall–Kier alpha value is -5.66. The van der Waals surface area contributed by atoms with E-state index in [9.17, 15) is 23.3 Å². The minimum absolute atomic E-state index is 0.0501. The number of nitrogens with one attached hydrogen (secondary N) is 2. The predicted octanol–water partition coefficient (Wildman–Crippen LogP) is 6.08. The summed E-state index contributed by atoms with van der Waals surface area (Å²) in [5, 5.41) is 12.5. The zero-order valence-corrected chi connectivity index (χ0v) is 22.8. The predicted molar refractivity (Wildman–Crippen MR) is 157 cm³/mol. The van der Waals surface area contributed by atoms with E-state index in [4.69, 9.17) is 9.15 Å². The largest absolute Gasteiger partial charge is 0.452 e. The van der Waals surface area contributed by atoms with Gasteiger partial charge in [0.25, 0.3) is 15.9 Å². The molecule has 0 radical (unpaired) electrons. The zero-order chi connectivity index (χ0) is 29.5. The van der Waals surface area contributed by atoms with Crippen LogP contribution in [0.2, 0.25) is 0 Å². The molecule has 5 rings (SSSR count). The average Bonchev–Trinajstić information content (AvgIpc) is 3.39. The van der Waals surface area contributed by atoms with Crippen molar-refractivity contribution in [3.05, 3.63) is 126 Å². The number of anilines is 2. The lowest BCUT2D eigenvalue weighted by Crippen LogP contribution is -2.21. The molecule has 0 saturated carbocycles. The van der Waals surface area contributed by atoms with Crippen LogP contribution in [0.3, 0.4) is 0 Å². The molecule has 9 nitrogen and oxygen atoms in total. The summed E-state index contributed by atoms with van der Waals surface area (Å²) < 4.78 is 38.8. The zero-order valence-electron chi connectivity index (χ0n) is 22.0. The Balaban J connectivity index is 1.28. The van der Waals surface area contributed by atoms with Crippen molar-refractivity contribution >= 4 is 33.5 Å². The number of esters is 1. The minimum Gasteiger partial charge on any atom is -0.452 e. The second-order valence-corrected chi connectivity index (χ2v) is 10.7. The summed E-state index contributed by atoms with van der Waals surface area (Å²) in [4.78, 5) is 25.2. The molecule has 0 saturated heterocycles. The fraction of sp³-hybridized carbons (Fsp3) is 0.0312. The summed E-state index contributed by atoms with van der Waals surface area (Å²) in [7, 11) is -3.87. The Morgan fingerprint density at radius 3 is 1.95 bits per heavy atom. The van der Waals surface area contributed by atoms with Crippen LogP contribution in [0.4, 0.5) is 11.6 Å². The molecule has 5 aromatic rings. The van der Waals surface area contributed by atoms with Crippen molar-refractivity contribution in [3.8, 4) is 28.5 Å². The van der Waals surface area contributed by atoms with Crippen molar-refractivity contribution in [1.82, 2.24) is 0 Å². The van der Waals surface area contributed by atoms with Gasteiger partial charge in [-0.2, -0.15) is 5.26 Å². The van der Waals surface area contributed by atoms with Crippen molar-refractivity contribution in [1.29, 1.82) is 5.26 Å². The fourth-order valence-corrected chi connectivity index (χ4v) is 5.23. The Kier molecular flexibility index (Phi) is 8.13. The first kappa shape index (κ1) is 27.9. The lowest BCUT2D eigenvalue weighted by molar-refractivity contribution is -0.119. The number of hydrogen-bond acceptors (Lipinski definition) is 7. The van der Waals surface area contributed by atoms with Gasteiger partial charge in [0.2, 0.25) is 5.88 Å². The first-order chi connectivity index (χ1) is 20.4. The van der Waals surface area contributed by atoms with E-state index in [1.54, 1.807) is 30.3 Å². The van der Waals surface area contributed by atoms with Gasteiger partial charge < -0.3 is 9.15 Å². The average molecular weight is 578 g/mol. The van der Waals surface area contributed by atoms with Crippen molar-refractivity contribution in [2.45, 2.75) is 4.90 Å². The van der Waals surface area contributed by atoms with Gasteiger partial charge >= 0.3 is 5.97 Å². The van der Waals surface area contributed by atoms with Gasteiger partial charge in [-0.3, -0.25) is 14.8 Å². The molecule has 42 heavy (non-hydrogen) atoms. The van der Waals surface area contributed by atoms with E-state index >= 15 is 0 Å². The molecule has 0 unspecified atom stereocenters. The van der Waals surface area contributed by atoms with Gasteiger partial charge in [0.1, 0.15) is 17.4 Å². The standard InChI is InChI=1S/C32H23N3O6S/c33-20-27-29(22-10-4-1-5-11-22)30(23-12-6-2-7-13-23)41-31(27)34-28(36)21-40-32(37)24-16-18-26(19-17-24)42(38,39)35-25-14-8-3-9-15-25/h1-19,35H,21H2,(H,34,36). The van der Waals surface area contributed by atoms with Gasteiger partial charge in [-0.05, 0) is 42.0 Å². The third kappa shape index (κ3) is 6.22. The van der Waals surface area contributed by atoms with Crippen molar-refractivity contribution in [2.24, 2.45) is 0 Å². The van der Waals surface area contributed by atoms with Crippen molar-refractivity contribution < 1.29 is 27.2 Å². The normalized spacial score (nSPS) is 10.8. The van der Waals surface area contributed by atoms with Crippen LogP contribution in [0.5, 0.6) is 0 Å². The molecular formula is C32H23N3O6S. The quantitative estimate of drug-likeness (QED) is 0.202. The molecule has 1 amide bonds. The highest BCUT2D eigenvalue weighted by atomic mass is 32.2. The number of nitriles is 1. The number of nitrogens with zero attached hydrogens (tertiary/aromatic N) is 1. The van der Waals surface area contributed by atoms with Crippen LogP contribution >= 0.6 is 0 Å². The van der Waals surface area contributed by atoms with Crippen LogP contribution in [0.1, 0.15) is 15.9 Å². The number of rotatable bonds is 9. The number of benzene rings is 4. The van der Waals surface area contributed by atoms with Crippen LogP contribution < -0.4 is 10.0 Å². The van der Waals surface area contributed by atoms with Gasteiger partial charge in [0, 0.05) is 16.8 Å². The highest BCUT2D eigenvalue weighted by Gasteiger charge is 2.24. The number of carbonyl (C=O) groups is 2. The molecule has 1 aromatic heterocycles. The molecule has 208 valence electrons. The summed E-state index contributed by atoms with van der Waals surface area (Å²) in [6.45, 7) is -0.665. The van der Waals surface area contributed by atoms with Crippen LogP contribution in [0.15, 0.2) is 125 Å². The number of hydrogen-bond donors (Lipinski definition) is 2. The van der Waals surface area contributed by atoms with E-state index in [0.717, 1.165) is 5.56 Å². The topological polar surface area (TPSA) is 138 Å². The lowest BCUT2D eigenvalue weighted by Gasteiger charge is -2.09. The number of sulfonamides is 1. The Morgan fingerprint density at radius 1 is 0.786 bits per heavy atom. The molecule has 0 spiro atoms. The summed E-state index contributed by atoms with van der Waals surface area (Å²) in [5.41, 5.74) is 2.54. The second kappa shape index (κ2) is 12.2. The van der Waals surface area contributed by atoms with Crippen LogP contribution in [0.25, 0.3) is 22.5 Å². The Bertz CT molecular complexity index is 1860. The fourth-order valence-electron chi connectivity index (χ4n) is 4.17. The molecule has 1 heterocycles. The van der Waals surface area contributed by atoms with E-state index in [1.165, 1.54) is 24.3 Å². The van der Waals surface area contributed by atoms with Crippen LogP contribution in [-0.2, 0) is 19.6 Å². The van der Waals surface area contributed by atoms with Crippen LogP contribution in [-0.4, -0.2) is 26.9 Å². The molecule has 0 fully saturated rings. The maximum absolute atomic E-state index is 12.7.